The average molecular weight is 251 g/mol. The molecular formula is C14H25N3O. The molecule has 1 fully saturated rings. The van der Waals surface area contributed by atoms with Gasteiger partial charge in [-0.15, -0.1) is 0 Å². The topological polar surface area (TPSA) is 39.1 Å². The van der Waals surface area contributed by atoms with Crippen molar-refractivity contribution < 1.29 is 4.74 Å². The first-order chi connectivity index (χ1) is 8.78. The Morgan fingerprint density at radius 1 is 1.61 bits per heavy atom. The van der Waals surface area contributed by atoms with Crippen LogP contribution in [0.3, 0.4) is 0 Å². The number of ether oxygens (including phenoxy) is 1. The Kier molecular flexibility index (Phi) is 5.20. The van der Waals surface area contributed by atoms with Crippen molar-refractivity contribution in [2.75, 3.05) is 19.8 Å². The van der Waals surface area contributed by atoms with Crippen molar-refractivity contribution in [3.8, 4) is 0 Å². The van der Waals surface area contributed by atoms with Crippen LogP contribution in [0.25, 0.3) is 0 Å². The van der Waals surface area contributed by atoms with Crippen molar-refractivity contribution in [3.63, 3.8) is 0 Å². The maximum absolute atomic E-state index is 5.46. The lowest BCUT2D eigenvalue weighted by molar-refractivity contribution is 0.181. The number of aryl methyl sites for hydroxylation is 2. The van der Waals surface area contributed by atoms with E-state index in [1.165, 1.54) is 24.8 Å². The molecule has 1 saturated heterocycles. The van der Waals surface area contributed by atoms with E-state index in [0.717, 1.165) is 32.1 Å². The molecule has 102 valence electrons. The molecule has 1 aromatic rings. The normalized spacial score (nSPS) is 21.3. The third kappa shape index (κ3) is 4.10. The number of nitrogens with one attached hydrogen (secondary N) is 1. The third-order valence-corrected chi connectivity index (χ3v) is 3.67. The van der Waals surface area contributed by atoms with Crippen LogP contribution < -0.4 is 5.32 Å². The molecule has 0 aliphatic carbocycles. The molecule has 1 N–H and O–H groups in total. The van der Waals surface area contributed by atoms with Crippen LogP contribution in [-0.2, 0) is 18.2 Å². The fourth-order valence-corrected chi connectivity index (χ4v) is 2.71. The minimum atomic E-state index is 0.613. The lowest BCUT2D eigenvalue weighted by Crippen LogP contribution is -2.31. The summed E-state index contributed by atoms with van der Waals surface area (Å²) in [7, 11) is 1.97. The van der Waals surface area contributed by atoms with Gasteiger partial charge in [0.05, 0.1) is 6.20 Å². The molecule has 1 aliphatic heterocycles. The molecule has 2 rings (SSSR count). The number of nitrogens with zero attached hydrogens (tertiary/aromatic N) is 2. The van der Waals surface area contributed by atoms with Crippen LogP contribution in [0, 0.1) is 5.92 Å². The fraction of sp³-hybridized carbons (Fsp3) is 0.786. The van der Waals surface area contributed by atoms with E-state index >= 15 is 0 Å². The van der Waals surface area contributed by atoms with Gasteiger partial charge in [-0.05, 0) is 43.7 Å². The van der Waals surface area contributed by atoms with Crippen LogP contribution in [0.1, 0.15) is 31.7 Å². The zero-order valence-corrected chi connectivity index (χ0v) is 11.6. The van der Waals surface area contributed by atoms with E-state index in [1.54, 1.807) is 0 Å². The Morgan fingerprint density at radius 3 is 3.11 bits per heavy atom. The van der Waals surface area contributed by atoms with Crippen molar-refractivity contribution >= 4 is 0 Å². The zero-order chi connectivity index (χ0) is 12.8. The first-order valence-electron chi connectivity index (χ1n) is 7.06. The van der Waals surface area contributed by atoms with Crippen LogP contribution in [0.5, 0.6) is 0 Å². The molecule has 0 spiro atoms. The molecule has 0 radical (unpaired) electrons. The molecule has 1 aliphatic rings. The molecule has 2 unspecified atom stereocenters. The van der Waals surface area contributed by atoms with Gasteiger partial charge in [-0.2, -0.15) is 5.10 Å². The molecule has 18 heavy (non-hydrogen) atoms. The standard InChI is InChI=1S/C14H25N3O/c1-3-15-14(8-12-6-7-18-11-12)5-4-13-9-16-17(2)10-13/h9-10,12,14-15H,3-8,11H2,1-2H3. The highest BCUT2D eigenvalue weighted by molar-refractivity contribution is 5.04. The second-order valence-electron chi connectivity index (χ2n) is 5.28. The van der Waals surface area contributed by atoms with Gasteiger partial charge in [0.1, 0.15) is 0 Å². The third-order valence-electron chi connectivity index (χ3n) is 3.67. The Hall–Kier alpha value is -0.870. The van der Waals surface area contributed by atoms with Gasteiger partial charge in [0, 0.05) is 32.5 Å². The summed E-state index contributed by atoms with van der Waals surface area (Å²) in [6, 6.07) is 0.613. The number of rotatable bonds is 7. The molecule has 4 nitrogen and oxygen atoms in total. The fourth-order valence-electron chi connectivity index (χ4n) is 2.71. The Labute approximate surface area is 110 Å². The second-order valence-corrected chi connectivity index (χ2v) is 5.28. The zero-order valence-electron chi connectivity index (χ0n) is 11.6. The number of aromatic nitrogens is 2. The SMILES string of the molecule is CCNC(CCc1cnn(C)c1)CC1CCOC1. The highest BCUT2D eigenvalue weighted by Gasteiger charge is 2.20. The summed E-state index contributed by atoms with van der Waals surface area (Å²) in [6.07, 6.45) is 8.86. The summed E-state index contributed by atoms with van der Waals surface area (Å²) in [5.41, 5.74) is 1.34. The highest BCUT2D eigenvalue weighted by Crippen LogP contribution is 2.20. The maximum Gasteiger partial charge on any atom is 0.0521 e. The van der Waals surface area contributed by atoms with E-state index in [1.807, 2.05) is 17.9 Å². The van der Waals surface area contributed by atoms with Crippen LogP contribution in [-0.4, -0.2) is 35.6 Å². The van der Waals surface area contributed by atoms with Crippen LogP contribution in [0.15, 0.2) is 12.4 Å². The van der Waals surface area contributed by atoms with Crippen molar-refractivity contribution in [1.29, 1.82) is 0 Å². The first kappa shape index (κ1) is 13.6. The maximum atomic E-state index is 5.46. The molecule has 4 heteroatoms. The van der Waals surface area contributed by atoms with E-state index in [2.05, 4.69) is 23.5 Å². The van der Waals surface area contributed by atoms with E-state index in [4.69, 9.17) is 4.74 Å². The molecule has 2 heterocycles. The Bertz CT molecular complexity index is 345. The summed E-state index contributed by atoms with van der Waals surface area (Å²) in [4.78, 5) is 0. The predicted molar refractivity (Wildman–Crippen MR) is 72.5 cm³/mol. The highest BCUT2D eigenvalue weighted by atomic mass is 16.5. The monoisotopic (exact) mass is 251 g/mol. The van der Waals surface area contributed by atoms with Crippen molar-refractivity contribution in [1.82, 2.24) is 15.1 Å². The smallest absolute Gasteiger partial charge is 0.0521 e. The summed E-state index contributed by atoms with van der Waals surface area (Å²) in [5, 5.41) is 7.82. The largest absolute Gasteiger partial charge is 0.381 e. The van der Waals surface area contributed by atoms with Gasteiger partial charge in [0.25, 0.3) is 0 Å². The van der Waals surface area contributed by atoms with Crippen molar-refractivity contribution in [2.24, 2.45) is 13.0 Å². The van der Waals surface area contributed by atoms with Crippen molar-refractivity contribution in [2.45, 2.75) is 38.6 Å². The number of hydrogen-bond acceptors (Lipinski definition) is 3. The van der Waals surface area contributed by atoms with Crippen LogP contribution in [0.4, 0.5) is 0 Å². The minimum absolute atomic E-state index is 0.613. The van der Waals surface area contributed by atoms with Gasteiger partial charge >= 0.3 is 0 Å². The molecule has 1 aromatic heterocycles. The first-order valence-corrected chi connectivity index (χ1v) is 7.06. The Balaban J connectivity index is 1.77. The van der Waals surface area contributed by atoms with E-state index in [9.17, 15) is 0 Å². The van der Waals surface area contributed by atoms with Gasteiger partial charge in [0.2, 0.25) is 0 Å². The lowest BCUT2D eigenvalue weighted by Gasteiger charge is -2.20. The molecule has 0 amide bonds. The Morgan fingerprint density at radius 2 is 2.50 bits per heavy atom. The van der Waals surface area contributed by atoms with E-state index in [-0.39, 0.29) is 0 Å². The number of hydrogen-bond donors (Lipinski definition) is 1. The van der Waals surface area contributed by atoms with E-state index in [0.29, 0.717) is 6.04 Å². The van der Waals surface area contributed by atoms with Gasteiger partial charge in [-0.3, -0.25) is 4.68 Å². The predicted octanol–water partition coefficient (Wildman–Crippen LogP) is 1.76. The van der Waals surface area contributed by atoms with E-state index < -0.39 is 0 Å². The minimum Gasteiger partial charge on any atom is -0.381 e. The van der Waals surface area contributed by atoms with Gasteiger partial charge < -0.3 is 10.1 Å². The van der Waals surface area contributed by atoms with Gasteiger partial charge in [-0.1, -0.05) is 6.92 Å². The molecule has 0 saturated carbocycles. The summed E-state index contributed by atoms with van der Waals surface area (Å²) in [5.74, 6) is 0.753. The van der Waals surface area contributed by atoms with Gasteiger partial charge in [0.15, 0.2) is 0 Å². The molecule has 0 aromatic carbocycles. The van der Waals surface area contributed by atoms with Gasteiger partial charge in [-0.25, -0.2) is 0 Å². The lowest BCUT2D eigenvalue weighted by atomic mass is 9.95. The average Bonchev–Trinajstić information content (AvgIpc) is 2.98. The molecule has 0 bridgehead atoms. The van der Waals surface area contributed by atoms with Crippen molar-refractivity contribution in [3.05, 3.63) is 18.0 Å². The van der Waals surface area contributed by atoms with Crippen LogP contribution >= 0.6 is 0 Å². The summed E-state index contributed by atoms with van der Waals surface area (Å²) >= 11 is 0. The second kappa shape index (κ2) is 6.90. The quantitative estimate of drug-likeness (QED) is 0.802. The molecular weight excluding hydrogens is 226 g/mol. The molecule has 2 atom stereocenters. The summed E-state index contributed by atoms with van der Waals surface area (Å²) < 4.78 is 7.34. The van der Waals surface area contributed by atoms with Crippen LogP contribution in [0.2, 0.25) is 0 Å². The summed E-state index contributed by atoms with van der Waals surface area (Å²) in [6.45, 7) is 5.13.